The van der Waals surface area contributed by atoms with Crippen molar-refractivity contribution in [1.29, 1.82) is 0 Å². The Morgan fingerprint density at radius 1 is 0.917 bits per heavy atom. The number of benzene rings is 3. The summed E-state index contributed by atoms with van der Waals surface area (Å²) in [5.74, 6) is -1.78. The van der Waals surface area contributed by atoms with E-state index in [1.165, 1.54) is 42.1 Å². The Morgan fingerprint density at radius 3 is 2.25 bits per heavy atom. The fraction of sp³-hybridized carbons (Fsp3) is 0.257. The van der Waals surface area contributed by atoms with E-state index in [1.807, 2.05) is 0 Å². The molecule has 48 heavy (non-hydrogen) atoms. The highest BCUT2D eigenvalue weighted by molar-refractivity contribution is 7.99. The number of nitrogens with one attached hydrogen (secondary N) is 2. The zero-order chi connectivity index (χ0) is 33.5. The van der Waals surface area contributed by atoms with Crippen LogP contribution in [0.4, 0.5) is 18.9 Å². The first-order chi connectivity index (χ1) is 23.3. The van der Waals surface area contributed by atoms with E-state index in [1.54, 1.807) is 60.9 Å². The van der Waals surface area contributed by atoms with Gasteiger partial charge in [0.05, 0.1) is 12.2 Å². The summed E-state index contributed by atoms with van der Waals surface area (Å²) in [7, 11) is 0. The molecular formula is C35H33F3N6O3S. The number of carbonyl (C=O) groups is 1. The van der Waals surface area contributed by atoms with Gasteiger partial charge < -0.3 is 25.5 Å². The molecule has 0 aliphatic carbocycles. The predicted octanol–water partition coefficient (Wildman–Crippen LogP) is 5.73. The van der Waals surface area contributed by atoms with Crippen LogP contribution in [0.3, 0.4) is 0 Å². The van der Waals surface area contributed by atoms with Gasteiger partial charge in [0.2, 0.25) is 11.8 Å². The van der Waals surface area contributed by atoms with E-state index >= 15 is 4.39 Å². The van der Waals surface area contributed by atoms with Crippen molar-refractivity contribution in [3.05, 3.63) is 125 Å². The number of ether oxygens (including phenoxy) is 1. The largest absolute Gasteiger partial charge is 0.411 e. The third-order valence-corrected chi connectivity index (χ3v) is 9.05. The molecule has 3 heterocycles. The Labute approximate surface area is 279 Å². The predicted molar refractivity (Wildman–Crippen MR) is 176 cm³/mol. The normalized spacial score (nSPS) is 16.9. The van der Waals surface area contributed by atoms with Crippen molar-refractivity contribution in [2.75, 3.05) is 24.2 Å². The number of rotatable bonds is 13. The maximum atomic E-state index is 15.4. The summed E-state index contributed by atoms with van der Waals surface area (Å²) in [4.78, 5) is 17.0. The lowest BCUT2D eigenvalue weighted by Gasteiger charge is -2.31. The van der Waals surface area contributed by atoms with Gasteiger partial charge in [-0.1, -0.05) is 42.1 Å². The highest BCUT2D eigenvalue weighted by Crippen LogP contribution is 2.33. The molecule has 3 aromatic carbocycles. The van der Waals surface area contributed by atoms with Crippen molar-refractivity contribution >= 4 is 23.4 Å². The highest BCUT2D eigenvalue weighted by Gasteiger charge is 2.31. The van der Waals surface area contributed by atoms with Crippen LogP contribution in [0.1, 0.15) is 29.0 Å². The molecule has 0 radical (unpaired) electrons. The Balaban J connectivity index is 1.13. The number of hydrogen-bond donors (Lipinski definition) is 3. The molecule has 0 unspecified atom stereocenters. The van der Waals surface area contributed by atoms with Crippen LogP contribution in [0, 0.1) is 17.5 Å². The molecule has 1 aliphatic heterocycles. The summed E-state index contributed by atoms with van der Waals surface area (Å²) < 4.78 is 55.1. The Hall–Kier alpha value is -4.72. The fourth-order valence-corrected chi connectivity index (χ4v) is 6.50. The summed E-state index contributed by atoms with van der Waals surface area (Å²) >= 11 is 1.40. The quantitative estimate of drug-likeness (QED) is 0.134. The Morgan fingerprint density at radius 2 is 1.58 bits per heavy atom. The number of nitrogens with two attached hydrogens (primary N) is 1. The number of morpholine rings is 1. The molecule has 1 aliphatic rings. The number of primary amides is 1. The number of amides is 1. The number of nitrogens with zero attached hydrogens (tertiary/aromatic N) is 3. The smallest absolute Gasteiger partial charge is 0.276 e. The maximum absolute atomic E-state index is 15.4. The Bertz CT molecular complexity index is 1770. The number of aromatic nitrogens is 3. The van der Waals surface area contributed by atoms with E-state index in [9.17, 15) is 13.6 Å². The minimum absolute atomic E-state index is 0.144. The van der Waals surface area contributed by atoms with E-state index in [-0.39, 0.29) is 12.2 Å². The van der Waals surface area contributed by atoms with Crippen LogP contribution in [-0.2, 0) is 16.0 Å². The van der Waals surface area contributed by atoms with E-state index in [2.05, 4.69) is 25.8 Å². The third-order valence-electron chi connectivity index (χ3n) is 8.10. The molecule has 0 saturated carbocycles. The molecule has 248 valence electrons. The number of hydrogen-bond acceptors (Lipinski definition) is 9. The van der Waals surface area contributed by atoms with Crippen LogP contribution < -0.4 is 16.4 Å². The fourth-order valence-electron chi connectivity index (χ4n) is 5.74. The first kappa shape index (κ1) is 33.2. The highest BCUT2D eigenvalue weighted by atomic mass is 32.2. The van der Waals surface area contributed by atoms with Crippen molar-refractivity contribution < 1.29 is 27.1 Å². The van der Waals surface area contributed by atoms with Crippen molar-refractivity contribution in [2.24, 2.45) is 5.73 Å². The van der Waals surface area contributed by atoms with Gasteiger partial charge in [-0.05, 0) is 72.5 Å². The second-order valence-electron chi connectivity index (χ2n) is 11.4. The second-order valence-corrected chi connectivity index (χ2v) is 12.3. The van der Waals surface area contributed by atoms with Gasteiger partial charge in [-0.2, -0.15) is 0 Å². The topological polar surface area (TPSA) is 128 Å². The van der Waals surface area contributed by atoms with Crippen molar-refractivity contribution in [2.45, 2.75) is 42.2 Å². The second kappa shape index (κ2) is 15.5. The summed E-state index contributed by atoms with van der Waals surface area (Å²) in [5.41, 5.74) is 8.63. The summed E-state index contributed by atoms with van der Waals surface area (Å²) in [6.07, 6.45) is 3.77. The number of pyridine rings is 1. The molecule has 3 atom stereocenters. The number of anilines is 1. The number of thioether (sulfide) groups is 1. The molecule has 2 aromatic heterocycles. The van der Waals surface area contributed by atoms with Crippen LogP contribution in [-0.4, -0.2) is 58.2 Å². The summed E-state index contributed by atoms with van der Waals surface area (Å²) in [6.45, 7) is 1.22. The molecular weight excluding hydrogens is 641 g/mol. The third kappa shape index (κ3) is 8.22. The minimum Gasteiger partial charge on any atom is -0.411 e. The van der Waals surface area contributed by atoms with Crippen LogP contribution in [0.15, 0.2) is 101 Å². The van der Waals surface area contributed by atoms with E-state index in [0.29, 0.717) is 65.2 Å². The first-order valence-electron chi connectivity index (χ1n) is 15.4. The number of carbonyl (C=O) groups excluding carboxylic acids is 1. The molecule has 13 heteroatoms. The molecule has 9 nitrogen and oxygen atoms in total. The van der Waals surface area contributed by atoms with Crippen LogP contribution in [0.25, 0.3) is 11.5 Å². The summed E-state index contributed by atoms with van der Waals surface area (Å²) in [6, 6.07) is 18.4. The molecule has 0 spiro atoms. The van der Waals surface area contributed by atoms with Gasteiger partial charge in [-0.15, -0.1) is 10.2 Å². The zero-order valence-corrected chi connectivity index (χ0v) is 26.5. The van der Waals surface area contributed by atoms with Crippen LogP contribution >= 0.6 is 11.8 Å². The van der Waals surface area contributed by atoms with Gasteiger partial charge in [0.25, 0.3) is 5.22 Å². The van der Waals surface area contributed by atoms with Crippen molar-refractivity contribution in [1.82, 2.24) is 20.5 Å². The van der Waals surface area contributed by atoms with E-state index < -0.39 is 35.3 Å². The van der Waals surface area contributed by atoms with Crippen LogP contribution in [0.5, 0.6) is 0 Å². The molecule has 6 rings (SSSR count). The Kier molecular flexibility index (Phi) is 10.7. The standard InChI is InChI=1S/C35H33F3N6O3S/c36-24-8-4-21(5-9-24)31(22-6-10-25(37)11-7-22)32(33(39)45)42-30-3-1-2-29(38)28(30)13-12-26-18-41-19-27(46-26)20-48-35-44-43-34(47-35)23-14-16-40-17-15-23/h1-11,14-17,26-27,31-32,41-42H,12-13,18-20H2,(H2,39,45)/t26-,27+,32+/m1/s1. The van der Waals surface area contributed by atoms with Gasteiger partial charge >= 0.3 is 0 Å². The average molecular weight is 675 g/mol. The van der Waals surface area contributed by atoms with Gasteiger partial charge in [0.15, 0.2) is 0 Å². The molecule has 5 aromatic rings. The molecule has 1 fully saturated rings. The SMILES string of the molecule is NC(=O)[C@@H](Nc1cccc(F)c1CC[C@@H]1CNC[C@@H](CSc2nnc(-c3ccncc3)o2)O1)C(c1ccc(F)cc1)c1ccc(F)cc1. The van der Waals surface area contributed by atoms with Gasteiger partial charge in [-0.25, -0.2) is 13.2 Å². The van der Waals surface area contributed by atoms with Gasteiger partial charge in [0.1, 0.15) is 23.5 Å². The molecule has 1 saturated heterocycles. The molecule has 4 N–H and O–H groups in total. The lowest BCUT2D eigenvalue weighted by molar-refractivity contribution is -0.119. The minimum atomic E-state index is -1.07. The van der Waals surface area contributed by atoms with E-state index in [4.69, 9.17) is 14.9 Å². The van der Waals surface area contributed by atoms with Gasteiger partial charge in [-0.3, -0.25) is 9.78 Å². The molecule has 1 amide bonds. The van der Waals surface area contributed by atoms with Gasteiger partial charge in [0, 0.05) is 54.0 Å². The molecule has 0 bridgehead atoms. The van der Waals surface area contributed by atoms with Crippen molar-refractivity contribution in [3.63, 3.8) is 0 Å². The van der Waals surface area contributed by atoms with E-state index in [0.717, 1.165) is 5.56 Å². The monoisotopic (exact) mass is 674 g/mol. The zero-order valence-electron chi connectivity index (χ0n) is 25.7. The first-order valence-corrected chi connectivity index (χ1v) is 16.4. The van der Waals surface area contributed by atoms with Crippen molar-refractivity contribution in [3.8, 4) is 11.5 Å². The lowest BCUT2D eigenvalue weighted by Crippen LogP contribution is -2.46. The lowest BCUT2D eigenvalue weighted by atomic mass is 9.84. The maximum Gasteiger partial charge on any atom is 0.276 e. The number of halogens is 3. The average Bonchev–Trinajstić information content (AvgIpc) is 3.58. The van der Waals surface area contributed by atoms with Crippen LogP contribution in [0.2, 0.25) is 0 Å². The summed E-state index contributed by atoms with van der Waals surface area (Å²) in [5, 5.41) is 15.2.